The number of halogens is 2. The van der Waals surface area contributed by atoms with Crippen LogP contribution in [-0.2, 0) is 11.4 Å². The maximum Gasteiger partial charge on any atom is 0.298 e. The Bertz CT molecular complexity index is 1210. The third kappa shape index (κ3) is 4.64. The zero-order valence-electron chi connectivity index (χ0n) is 16.9. The second-order valence-corrected chi connectivity index (χ2v) is 8.19. The summed E-state index contributed by atoms with van der Waals surface area (Å²) < 4.78 is 24.0. The first-order valence-corrected chi connectivity index (χ1v) is 10.7. The smallest absolute Gasteiger partial charge is 0.298 e. The van der Waals surface area contributed by atoms with E-state index < -0.39 is 11.1 Å². The van der Waals surface area contributed by atoms with Crippen molar-refractivity contribution in [3.63, 3.8) is 0 Å². The summed E-state index contributed by atoms with van der Waals surface area (Å²) in [5.74, 6) is 0.139. The largest absolute Gasteiger partial charge is 0.495 e. The van der Waals surface area contributed by atoms with E-state index in [1.54, 1.807) is 60.7 Å². The zero-order valence-corrected chi connectivity index (χ0v) is 18.5. The first-order chi connectivity index (χ1) is 15.5. The predicted octanol–water partition coefficient (Wildman–Crippen LogP) is 6.31. The molecule has 0 aromatic heterocycles. The van der Waals surface area contributed by atoms with Gasteiger partial charge in [-0.05, 0) is 65.4 Å². The number of carbonyl (C=O) groups is 2. The van der Waals surface area contributed by atoms with E-state index in [9.17, 15) is 14.0 Å². The van der Waals surface area contributed by atoms with Crippen LogP contribution in [-0.4, -0.2) is 18.3 Å². The van der Waals surface area contributed by atoms with Crippen molar-refractivity contribution in [2.24, 2.45) is 0 Å². The SMILES string of the molecule is COc1ccccc1N1C(=O)S/C(=C\c2ccc(OCc3ccc(F)cc3)c(Cl)c2)C1=O. The van der Waals surface area contributed by atoms with E-state index in [0.29, 0.717) is 27.8 Å². The van der Waals surface area contributed by atoms with Crippen LogP contribution in [0.5, 0.6) is 11.5 Å². The molecule has 8 heteroatoms. The molecule has 0 N–H and O–H groups in total. The maximum absolute atomic E-state index is 13.0. The maximum atomic E-state index is 13.0. The van der Waals surface area contributed by atoms with E-state index in [-0.39, 0.29) is 17.3 Å². The van der Waals surface area contributed by atoms with E-state index in [2.05, 4.69) is 0 Å². The number of hydrogen-bond donors (Lipinski definition) is 0. The fourth-order valence-corrected chi connectivity index (χ4v) is 4.18. The Morgan fingerprint density at radius 2 is 1.78 bits per heavy atom. The van der Waals surface area contributed by atoms with Crippen molar-refractivity contribution in [2.75, 3.05) is 12.0 Å². The molecule has 0 atom stereocenters. The summed E-state index contributed by atoms with van der Waals surface area (Å²) in [4.78, 5) is 26.8. The highest BCUT2D eigenvalue weighted by atomic mass is 35.5. The van der Waals surface area contributed by atoms with Crippen LogP contribution in [0.25, 0.3) is 6.08 Å². The summed E-state index contributed by atoms with van der Waals surface area (Å²) >= 11 is 7.18. The molecular formula is C24H17ClFNO4S. The lowest BCUT2D eigenvalue weighted by Crippen LogP contribution is -2.28. The summed E-state index contributed by atoms with van der Waals surface area (Å²) in [5.41, 5.74) is 1.84. The number of imide groups is 1. The second-order valence-electron chi connectivity index (χ2n) is 6.79. The molecule has 3 aromatic carbocycles. The average Bonchev–Trinajstić information content (AvgIpc) is 3.07. The van der Waals surface area contributed by atoms with Crippen molar-refractivity contribution < 1.29 is 23.5 Å². The second kappa shape index (κ2) is 9.46. The molecule has 5 nitrogen and oxygen atoms in total. The minimum atomic E-state index is -0.433. The minimum Gasteiger partial charge on any atom is -0.495 e. The fraction of sp³-hybridized carbons (Fsp3) is 0.0833. The monoisotopic (exact) mass is 469 g/mol. The summed E-state index contributed by atoms with van der Waals surface area (Å²) in [6, 6.07) is 17.9. The summed E-state index contributed by atoms with van der Waals surface area (Å²) in [6.07, 6.45) is 1.61. The van der Waals surface area contributed by atoms with Crippen LogP contribution in [0.4, 0.5) is 14.9 Å². The van der Waals surface area contributed by atoms with Crippen LogP contribution in [0.2, 0.25) is 5.02 Å². The van der Waals surface area contributed by atoms with E-state index in [1.165, 1.54) is 19.2 Å². The Kier molecular flexibility index (Phi) is 6.48. The van der Waals surface area contributed by atoms with Gasteiger partial charge < -0.3 is 9.47 Å². The summed E-state index contributed by atoms with van der Waals surface area (Å²) in [6.45, 7) is 0.233. The van der Waals surface area contributed by atoms with Crippen molar-refractivity contribution in [3.05, 3.63) is 93.6 Å². The topological polar surface area (TPSA) is 55.8 Å². The lowest BCUT2D eigenvalue weighted by atomic mass is 10.2. The van der Waals surface area contributed by atoms with Gasteiger partial charge in [-0.25, -0.2) is 9.29 Å². The molecular weight excluding hydrogens is 453 g/mol. The molecule has 1 saturated heterocycles. The lowest BCUT2D eigenvalue weighted by molar-refractivity contribution is -0.113. The molecule has 162 valence electrons. The Labute approximate surface area is 193 Å². The van der Waals surface area contributed by atoms with Crippen LogP contribution in [0.15, 0.2) is 71.6 Å². The van der Waals surface area contributed by atoms with Gasteiger partial charge in [0.1, 0.15) is 23.9 Å². The Morgan fingerprint density at radius 3 is 2.50 bits per heavy atom. The van der Waals surface area contributed by atoms with Gasteiger partial charge in [-0.1, -0.05) is 41.9 Å². The number of methoxy groups -OCH3 is 1. The van der Waals surface area contributed by atoms with E-state index in [4.69, 9.17) is 21.1 Å². The van der Waals surface area contributed by atoms with Crippen molar-refractivity contribution >= 4 is 46.3 Å². The zero-order chi connectivity index (χ0) is 22.7. The van der Waals surface area contributed by atoms with Crippen LogP contribution < -0.4 is 14.4 Å². The summed E-state index contributed by atoms with van der Waals surface area (Å²) in [5, 5.41) is -0.0547. The van der Waals surface area contributed by atoms with Crippen molar-refractivity contribution in [3.8, 4) is 11.5 Å². The number of rotatable bonds is 6. The molecule has 3 aromatic rings. The van der Waals surface area contributed by atoms with Crippen molar-refractivity contribution in [1.29, 1.82) is 0 Å². The highest BCUT2D eigenvalue weighted by molar-refractivity contribution is 8.19. The molecule has 1 aliphatic heterocycles. The molecule has 0 unspecified atom stereocenters. The highest BCUT2D eigenvalue weighted by Gasteiger charge is 2.37. The van der Waals surface area contributed by atoms with Gasteiger partial charge in [-0.15, -0.1) is 0 Å². The van der Waals surface area contributed by atoms with Gasteiger partial charge in [0.2, 0.25) is 0 Å². The Hall–Kier alpha value is -3.29. The lowest BCUT2D eigenvalue weighted by Gasteiger charge is -2.15. The van der Waals surface area contributed by atoms with Gasteiger partial charge in [0.15, 0.2) is 0 Å². The molecule has 0 aliphatic carbocycles. The predicted molar refractivity (Wildman–Crippen MR) is 124 cm³/mol. The average molecular weight is 470 g/mol. The number of benzene rings is 3. The fourth-order valence-electron chi connectivity index (χ4n) is 3.11. The Morgan fingerprint density at radius 1 is 1.03 bits per heavy atom. The first-order valence-electron chi connectivity index (χ1n) is 9.54. The number of para-hydroxylation sites is 2. The summed E-state index contributed by atoms with van der Waals surface area (Å²) in [7, 11) is 1.48. The van der Waals surface area contributed by atoms with E-state index in [0.717, 1.165) is 22.2 Å². The molecule has 1 fully saturated rings. The number of amides is 2. The van der Waals surface area contributed by atoms with Gasteiger partial charge in [0.05, 0.1) is 22.7 Å². The number of hydrogen-bond acceptors (Lipinski definition) is 5. The standard InChI is InChI=1S/C24H17ClFNO4S/c1-30-21-5-3-2-4-19(21)27-23(28)22(32-24(27)29)13-16-8-11-20(18(25)12-16)31-14-15-6-9-17(26)10-7-15/h2-13H,14H2,1H3/b22-13-. The third-order valence-electron chi connectivity index (χ3n) is 4.68. The van der Waals surface area contributed by atoms with Gasteiger partial charge in [-0.3, -0.25) is 9.59 Å². The van der Waals surface area contributed by atoms with E-state index >= 15 is 0 Å². The van der Waals surface area contributed by atoms with Crippen molar-refractivity contribution in [2.45, 2.75) is 6.61 Å². The molecule has 32 heavy (non-hydrogen) atoms. The van der Waals surface area contributed by atoms with Crippen LogP contribution in [0, 0.1) is 5.82 Å². The Balaban J connectivity index is 1.51. The van der Waals surface area contributed by atoms with Gasteiger partial charge in [0.25, 0.3) is 11.1 Å². The van der Waals surface area contributed by atoms with Crippen LogP contribution in [0.1, 0.15) is 11.1 Å². The third-order valence-corrected chi connectivity index (χ3v) is 5.85. The first kappa shape index (κ1) is 21.9. The van der Waals surface area contributed by atoms with Gasteiger partial charge >= 0.3 is 0 Å². The normalized spacial score (nSPS) is 14.8. The van der Waals surface area contributed by atoms with Crippen LogP contribution in [0.3, 0.4) is 0 Å². The molecule has 2 amide bonds. The number of thioether (sulfide) groups is 1. The van der Waals surface area contributed by atoms with Gasteiger partial charge in [-0.2, -0.15) is 0 Å². The molecule has 1 aliphatic rings. The highest BCUT2D eigenvalue weighted by Crippen LogP contribution is 2.40. The molecule has 4 rings (SSSR count). The van der Waals surface area contributed by atoms with Crippen LogP contribution >= 0.6 is 23.4 Å². The molecule has 0 radical (unpaired) electrons. The molecule has 0 bridgehead atoms. The van der Waals surface area contributed by atoms with Gasteiger partial charge in [0, 0.05) is 0 Å². The minimum absolute atomic E-state index is 0.233. The number of carbonyl (C=O) groups excluding carboxylic acids is 2. The van der Waals surface area contributed by atoms with E-state index in [1.807, 2.05) is 0 Å². The number of ether oxygens (including phenoxy) is 2. The number of anilines is 1. The number of nitrogens with zero attached hydrogens (tertiary/aromatic N) is 1. The molecule has 1 heterocycles. The quantitative estimate of drug-likeness (QED) is 0.396. The molecule has 0 saturated carbocycles. The molecule has 0 spiro atoms. The van der Waals surface area contributed by atoms with Crippen molar-refractivity contribution in [1.82, 2.24) is 0 Å².